The van der Waals surface area contributed by atoms with Gasteiger partial charge in [-0.25, -0.2) is 0 Å². The number of aliphatic hydroxyl groups excluding tert-OH is 1. The summed E-state index contributed by atoms with van der Waals surface area (Å²) in [5.41, 5.74) is -0.113. The molecule has 2 rings (SSSR count). The molecular formula is C18H34N2O4. The van der Waals surface area contributed by atoms with Gasteiger partial charge in [0, 0.05) is 39.3 Å². The Balaban J connectivity index is 1.69. The zero-order chi connectivity index (χ0) is 17.7. The number of hydrogen-bond acceptors (Lipinski definition) is 5. The number of carbonyl (C=O) groups excluding carboxylic acids is 1. The lowest BCUT2D eigenvalue weighted by molar-refractivity contribution is -0.146. The van der Waals surface area contributed by atoms with Crippen LogP contribution < -0.4 is 0 Å². The fourth-order valence-corrected chi connectivity index (χ4v) is 3.03. The summed E-state index contributed by atoms with van der Waals surface area (Å²) in [7, 11) is 0. The van der Waals surface area contributed by atoms with Gasteiger partial charge in [0.15, 0.2) is 0 Å². The molecule has 1 N–H and O–H groups in total. The first-order valence-electron chi connectivity index (χ1n) is 9.20. The maximum atomic E-state index is 12.5. The highest BCUT2D eigenvalue weighted by Crippen LogP contribution is 2.20. The lowest BCUT2D eigenvalue weighted by Gasteiger charge is -2.38. The normalized spacial score (nSPS) is 25.7. The molecule has 24 heavy (non-hydrogen) atoms. The van der Waals surface area contributed by atoms with E-state index in [4.69, 9.17) is 9.47 Å². The number of ether oxygens (including phenoxy) is 2. The molecule has 0 spiro atoms. The quantitative estimate of drug-likeness (QED) is 0.784. The highest BCUT2D eigenvalue weighted by molar-refractivity contribution is 5.80. The van der Waals surface area contributed by atoms with Gasteiger partial charge in [-0.05, 0) is 25.2 Å². The van der Waals surface area contributed by atoms with E-state index >= 15 is 0 Å². The minimum atomic E-state index is -0.416. The predicted molar refractivity (Wildman–Crippen MR) is 92.9 cm³/mol. The van der Waals surface area contributed by atoms with Crippen LogP contribution in [0.15, 0.2) is 0 Å². The summed E-state index contributed by atoms with van der Waals surface area (Å²) in [6, 6.07) is 0. The van der Waals surface area contributed by atoms with Crippen LogP contribution >= 0.6 is 0 Å². The van der Waals surface area contributed by atoms with Crippen LogP contribution in [0.2, 0.25) is 0 Å². The Labute approximate surface area is 146 Å². The predicted octanol–water partition coefficient (Wildman–Crippen LogP) is 1.12. The van der Waals surface area contributed by atoms with Gasteiger partial charge in [0.25, 0.3) is 5.91 Å². The van der Waals surface area contributed by atoms with Crippen molar-refractivity contribution in [1.29, 1.82) is 0 Å². The Morgan fingerprint density at radius 2 is 1.96 bits per heavy atom. The molecule has 0 bridgehead atoms. The number of amides is 1. The molecule has 0 aromatic carbocycles. The molecule has 140 valence electrons. The van der Waals surface area contributed by atoms with Crippen LogP contribution in [0.25, 0.3) is 0 Å². The highest BCUT2D eigenvalue weighted by Gasteiger charge is 2.29. The zero-order valence-corrected chi connectivity index (χ0v) is 15.7. The Kier molecular flexibility index (Phi) is 7.04. The second kappa shape index (κ2) is 8.61. The minimum Gasteiger partial charge on any atom is -0.391 e. The highest BCUT2D eigenvalue weighted by atomic mass is 16.5. The number of aliphatic hydroxyl groups is 1. The van der Waals surface area contributed by atoms with Gasteiger partial charge in [-0.1, -0.05) is 20.8 Å². The topological polar surface area (TPSA) is 62.2 Å². The fraction of sp³-hybridized carbons (Fsp3) is 0.944. The van der Waals surface area contributed by atoms with Crippen molar-refractivity contribution >= 4 is 5.91 Å². The van der Waals surface area contributed by atoms with Crippen LogP contribution in [-0.2, 0) is 14.3 Å². The van der Waals surface area contributed by atoms with E-state index in [0.717, 1.165) is 32.5 Å². The van der Waals surface area contributed by atoms with Gasteiger partial charge >= 0.3 is 0 Å². The van der Waals surface area contributed by atoms with Crippen molar-refractivity contribution in [3.63, 3.8) is 0 Å². The molecule has 2 aliphatic heterocycles. The first-order chi connectivity index (χ1) is 11.3. The van der Waals surface area contributed by atoms with Crippen LogP contribution in [0, 0.1) is 5.41 Å². The SMILES string of the molecule is C[C@H](OC[C@H]1CCCO1)C(=O)N1CCN(C[C@@H](O)C(C)(C)C)CC1. The van der Waals surface area contributed by atoms with E-state index in [1.807, 2.05) is 32.6 Å². The number of hydrogen-bond donors (Lipinski definition) is 1. The van der Waals surface area contributed by atoms with Crippen LogP contribution in [0.3, 0.4) is 0 Å². The first-order valence-corrected chi connectivity index (χ1v) is 9.20. The summed E-state index contributed by atoms with van der Waals surface area (Å²) in [5, 5.41) is 10.2. The number of rotatable bonds is 6. The van der Waals surface area contributed by atoms with Gasteiger partial charge in [0.1, 0.15) is 6.10 Å². The molecule has 1 amide bonds. The summed E-state index contributed by atoms with van der Waals surface area (Å²) in [6.07, 6.45) is 1.49. The van der Waals surface area contributed by atoms with E-state index in [0.29, 0.717) is 26.2 Å². The second-order valence-corrected chi connectivity index (χ2v) is 8.12. The third-order valence-corrected chi connectivity index (χ3v) is 5.02. The smallest absolute Gasteiger partial charge is 0.251 e. The summed E-state index contributed by atoms with van der Waals surface area (Å²) in [6.45, 7) is 12.9. The molecule has 0 radical (unpaired) electrons. The van der Waals surface area contributed by atoms with E-state index in [-0.39, 0.29) is 23.5 Å². The molecule has 0 aromatic rings. The van der Waals surface area contributed by atoms with Gasteiger partial charge in [-0.3, -0.25) is 9.69 Å². The largest absolute Gasteiger partial charge is 0.391 e. The molecule has 0 aliphatic carbocycles. The lowest BCUT2D eigenvalue weighted by Crippen LogP contribution is -2.53. The first kappa shape index (κ1) is 19.6. The number of piperazine rings is 1. The monoisotopic (exact) mass is 342 g/mol. The van der Waals surface area contributed by atoms with Crippen LogP contribution in [0.5, 0.6) is 0 Å². The molecule has 2 heterocycles. The van der Waals surface area contributed by atoms with Crippen molar-refractivity contribution in [3.8, 4) is 0 Å². The fourth-order valence-electron chi connectivity index (χ4n) is 3.03. The van der Waals surface area contributed by atoms with E-state index in [1.54, 1.807) is 0 Å². The van der Waals surface area contributed by atoms with Gasteiger partial charge in [0.2, 0.25) is 0 Å². The molecule has 2 saturated heterocycles. The van der Waals surface area contributed by atoms with Gasteiger partial charge < -0.3 is 19.5 Å². The van der Waals surface area contributed by atoms with Crippen molar-refractivity contribution in [1.82, 2.24) is 9.80 Å². The van der Waals surface area contributed by atoms with Crippen LogP contribution in [-0.4, -0.2) is 85.1 Å². The molecule has 2 fully saturated rings. The lowest BCUT2D eigenvalue weighted by atomic mass is 9.89. The Bertz CT molecular complexity index is 396. The van der Waals surface area contributed by atoms with E-state index in [2.05, 4.69) is 4.90 Å². The third kappa shape index (κ3) is 5.69. The molecular weight excluding hydrogens is 308 g/mol. The van der Waals surface area contributed by atoms with Crippen LogP contribution in [0.4, 0.5) is 0 Å². The van der Waals surface area contributed by atoms with E-state index in [1.165, 1.54) is 0 Å². The summed E-state index contributed by atoms with van der Waals surface area (Å²) < 4.78 is 11.2. The summed E-state index contributed by atoms with van der Waals surface area (Å²) in [4.78, 5) is 16.6. The van der Waals surface area contributed by atoms with Crippen molar-refractivity contribution in [2.45, 2.75) is 58.8 Å². The average molecular weight is 342 g/mol. The zero-order valence-electron chi connectivity index (χ0n) is 15.7. The summed E-state index contributed by atoms with van der Waals surface area (Å²) >= 11 is 0. The second-order valence-electron chi connectivity index (χ2n) is 8.12. The summed E-state index contributed by atoms with van der Waals surface area (Å²) in [5.74, 6) is 0.0593. The number of carbonyl (C=O) groups is 1. The van der Waals surface area contributed by atoms with Crippen molar-refractivity contribution in [2.24, 2.45) is 5.41 Å². The Morgan fingerprint density at radius 1 is 1.29 bits per heavy atom. The molecule has 0 saturated carbocycles. The van der Waals surface area contributed by atoms with E-state index < -0.39 is 6.10 Å². The third-order valence-electron chi connectivity index (χ3n) is 5.02. The van der Waals surface area contributed by atoms with Crippen LogP contribution in [0.1, 0.15) is 40.5 Å². The molecule has 6 heteroatoms. The number of β-amino-alcohol motifs (C(OH)–C–C–N with tert-alkyl or cyclic N) is 1. The Hall–Kier alpha value is -0.690. The molecule has 6 nitrogen and oxygen atoms in total. The van der Waals surface area contributed by atoms with Crippen molar-refractivity contribution in [2.75, 3.05) is 45.9 Å². The number of nitrogens with zero attached hydrogens (tertiary/aromatic N) is 2. The molecule has 0 unspecified atom stereocenters. The maximum absolute atomic E-state index is 12.5. The van der Waals surface area contributed by atoms with E-state index in [9.17, 15) is 9.90 Å². The van der Waals surface area contributed by atoms with Gasteiger partial charge in [0.05, 0.1) is 18.8 Å². The maximum Gasteiger partial charge on any atom is 0.251 e. The molecule has 3 atom stereocenters. The average Bonchev–Trinajstić information content (AvgIpc) is 3.05. The van der Waals surface area contributed by atoms with Crippen molar-refractivity contribution in [3.05, 3.63) is 0 Å². The molecule has 2 aliphatic rings. The molecule has 0 aromatic heterocycles. The Morgan fingerprint density at radius 3 is 2.50 bits per heavy atom. The standard InChI is InChI=1S/C18H34N2O4/c1-14(24-13-15-6-5-11-23-15)17(22)20-9-7-19(8-10-20)12-16(21)18(2,3)4/h14-16,21H,5-13H2,1-4H3/t14-,15+,16+/m0/s1. The van der Waals surface area contributed by atoms with Gasteiger partial charge in [-0.15, -0.1) is 0 Å². The van der Waals surface area contributed by atoms with Crippen molar-refractivity contribution < 1.29 is 19.4 Å². The van der Waals surface area contributed by atoms with Gasteiger partial charge in [-0.2, -0.15) is 0 Å². The minimum absolute atomic E-state index is 0.0593.